The molecule has 2 N–H and O–H groups in total. The second-order valence-corrected chi connectivity index (χ2v) is 6.59. The Bertz CT molecular complexity index is 635. The maximum absolute atomic E-state index is 5.99. The Hall–Kier alpha value is -1.56. The summed E-state index contributed by atoms with van der Waals surface area (Å²) in [6.07, 6.45) is 1.10. The second-order valence-electron chi connectivity index (χ2n) is 5.73. The molecular formula is C20H27BrN2O2. The topological polar surface area (TPSA) is 42.5 Å². The monoisotopic (exact) mass is 406 g/mol. The first-order chi connectivity index (χ1) is 12.2. The first-order valence-electron chi connectivity index (χ1n) is 8.71. The normalized spacial score (nSPS) is 10.7. The summed E-state index contributed by atoms with van der Waals surface area (Å²) in [5, 5.41) is 6.61. The molecule has 136 valence electrons. The van der Waals surface area contributed by atoms with E-state index in [2.05, 4.69) is 44.8 Å². The Morgan fingerprint density at radius 2 is 1.76 bits per heavy atom. The molecule has 4 nitrogen and oxygen atoms in total. The standard InChI is InChI=1S/C20H27BrN2O2/c1-3-24-19-12-17(14-23-11-7-10-22-2)18(21)13-20(19)25-15-16-8-5-4-6-9-16/h4-6,8-9,12-13,22-23H,3,7,10-11,14-15H2,1-2H3. The summed E-state index contributed by atoms with van der Waals surface area (Å²) in [7, 11) is 1.97. The number of benzene rings is 2. The lowest BCUT2D eigenvalue weighted by Gasteiger charge is -2.15. The van der Waals surface area contributed by atoms with Crippen LogP contribution in [0.25, 0.3) is 0 Å². The lowest BCUT2D eigenvalue weighted by molar-refractivity contribution is 0.269. The summed E-state index contributed by atoms with van der Waals surface area (Å²) in [6, 6.07) is 14.2. The van der Waals surface area contributed by atoms with E-state index < -0.39 is 0 Å². The van der Waals surface area contributed by atoms with Gasteiger partial charge in [-0.2, -0.15) is 0 Å². The van der Waals surface area contributed by atoms with Gasteiger partial charge in [-0.25, -0.2) is 0 Å². The van der Waals surface area contributed by atoms with Gasteiger partial charge in [-0.3, -0.25) is 0 Å². The Morgan fingerprint density at radius 1 is 1.00 bits per heavy atom. The highest BCUT2D eigenvalue weighted by Gasteiger charge is 2.11. The predicted molar refractivity (Wildman–Crippen MR) is 106 cm³/mol. The van der Waals surface area contributed by atoms with Crippen LogP contribution in [0.3, 0.4) is 0 Å². The van der Waals surface area contributed by atoms with Crippen molar-refractivity contribution in [2.45, 2.75) is 26.5 Å². The van der Waals surface area contributed by atoms with E-state index >= 15 is 0 Å². The van der Waals surface area contributed by atoms with E-state index in [9.17, 15) is 0 Å². The summed E-state index contributed by atoms with van der Waals surface area (Å²) < 4.78 is 12.8. The van der Waals surface area contributed by atoms with Gasteiger partial charge in [-0.05, 0) is 56.7 Å². The molecule has 2 aromatic rings. The van der Waals surface area contributed by atoms with Crippen LogP contribution in [0, 0.1) is 0 Å². The van der Waals surface area contributed by atoms with Crippen molar-refractivity contribution in [3.63, 3.8) is 0 Å². The van der Waals surface area contributed by atoms with Crippen molar-refractivity contribution in [1.29, 1.82) is 0 Å². The third kappa shape index (κ3) is 6.69. The third-order valence-corrected chi connectivity index (χ3v) is 4.48. The highest BCUT2D eigenvalue weighted by atomic mass is 79.9. The number of hydrogen-bond acceptors (Lipinski definition) is 4. The van der Waals surface area contributed by atoms with Gasteiger partial charge in [0.15, 0.2) is 11.5 Å². The summed E-state index contributed by atoms with van der Waals surface area (Å²) in [5.41, 5.74) is 2.30. The average molecular weight is 407 g/mol. The van der Waals surface area contributed by atoms with E-state index in [1.165, 1.54) is 5.56 Å². The van der Waals surface area contributed by atoms with Crippen LogP contribution in [0.1, 0.15) is 24.5 Å². The molecule has 25 heavy (non-hydrogen) atoms. The van der Waals surface area contributed by atoms with E-state index in [1.807, 2.05) is 38.2 Å². The lowest BCUT2D eigenvalue weighted by atomic mass is 10.2. The molecule has 0 saturated heterocycles. The third-order valence-electron chi connectivity index (χ3n) is 3.75. The molecule has 0 fully saturated rings. The van der Waals surface area contributed by atoms with Gasteiger partial charge in [0, 0.05) is 11.0 Å². The zero-order valence-corrected chi connectivity index (χ0v) is 16.6. The van der Waals surface area contributed by atoms with E-state index in [-0.39, 0.29) is 0 Å². The molecular weight excluding hydrogens is 380 g/mol. The maximum atomic E-state index is 5.99. The van der Waals surface area contributed by atoms with Crippen LogP contribution in [0.5, 0.6) is 11.5 Å². The average Bonchev–Trinajstić information content (AvgIpc) is 2.63. The predicted octanol–water partition coefficient (Wildman–Crippen LogP) is 4.13. The van der Waals surface area contributed by atoms with Gasteiger partial charge in [-0.15, -0.1) is 0 Å². The molecule has 0 aromatic heterocycles. The fraction of sp³-hybridized carbons (Fsp3) is 0.400. The van der Waals surface area contributed by atoms with Crippen molar-refractivity contribution in [3.05, 3.63) is 58.1 Å². The molecule has 0 radical (unpaired) electrons. The minimum Gasteiger partial charge on any atom is -0.490 e. The second kappa shape index (κ2) is 11.1. The fourth-order valence-corrected chi connectivity index (χ4v) is 2.90. The van der Waals surface area contributed by atoms with Gasteiger partial charge in [0.1, 0.15) is 6.61 Å². The molecule has 0 unspecified atom stereocenters. The van der Waals surface area contributed by atoms with Crippen molar-refractivity contribution >= 4 is 15.9 Å². The van der Waals surface area contributed by atoms with Crippen molar-refractivity contribution in [1.82, 2.24) is 10.6 Å². The van der Waals surface area contributed by atoms with Crippen LogP contribution >= 0.6 is 15.9 Å². The molecule has 0 amide bonds. The zero-order chi connectivity index (χ0) is 17.9. The fourth-order valence-electron chi connectivity index (χ4n) is 2.44. The van der Waals surface area contributed by atoms with Gasteiger partial charge in [-0.1, -0.05) is 46.3 Å². The van der Waals surface area contributed by atoms with Crippen LogP contribution in [-0.2, 0) is 13.2 Å². The SMILES string of the molecule is CCOc1cc(CNCCCNC)c(Br)cc1OCc1ccccc1. The number of hydrogen-bond donors (Lipinski definition) is 2. The summed E-state index contributed by atoms with van der Waals surface area (Å²) in [4.78, 5) is 0. The van der Waals surface area contributed by atoms with E-state index in [0.29, 0.717) is 13.2 Å². The Morgan fingerprint density at radius 3 is 2.48 bits per heavy atom. The van der Waals surface area contributed by atoms with Crippen molar-refractivity contribution < 1.29 is 9.47 Å². The maximum Gasteiger partial charge on any atom is 0.162 e. The summed E-state index contributed by atoms with van der Waals surface area (Å²) >= 11 is 3.65. The lowest BCUT2D eigenvalue weighted by Crippen LogP contribution is -2.19. The molecule has 5 heteroatoms. The quantitative estimate of drug-likeness (QED) is 0.550. The summed E-state index contributed by atoms with van der Waals surface area (Å²) in [6.45, 7) is 5.91. The Kier molecular flexibility index (Phi) is 8.80. The van der Waals surface area contributed by atoms with Crippen molar-refractivity contribution in [2.75, 3.05) is 26.7 Å². The zero-order valence-electron chi connectivity index (χ0n) is 15.0. The van der Waals surface area contributed by atoms with Gasteiger partial charge >= 0.3 is 0 Å². The van der Waals surface area contributed by atoms with E-state index in [4.69, 9.17) is 9.47 Å². The van der Waals surface area contributed by atoms with Crippen molar-refractivity contribution in [3.8, 4) is 11.5 Å². The van der Waals surface area contributed by atoms with Crippen LogP contribution in [0.4, 0.5) is 0 Å². The molecule has 0 atom stereocenters. The van der Waals surface area contributed by atoms with Crippen LogP contribution in [0.15, 0.2) is 46.9 Å². The largest absolute Gasteiger partial charge is 0.490 e. The van der Waals surface area contributed by atoms with Gasteiger partial charge in [0.05, 0.1) is 6.61 Å². The van der Waals surface area contributed by atoms with Crippen LogP contribution in [-0.4, -0.2) is 26.7 Å². The van der Waals surface area contributed by atoms with Gasteiger partial charge in [0.2, 0.25) is 0 Å². The molecule has 0 aliphatic heterocycles. The van der Waals surface area contributed by atoms with Gasteiger partial charge in [0.25, 0.3) is 0 Å². The Labute approximate surface area is 159 Å². The minimum atomic E-state index is 0.523. The van der Waals surface area contributed by atoms with Crippen LogP contribution in [0.2, 0.25) is 0 Å². The smallest absolute Gasteiger partial charge is 0.162 e. The molecule has 0 spiro atoms. The molecule has 0 saturated carbocycles. The molecule has 2 rings (SSSR count). The molecule has 0 heterocycles. The number of halogens is 1. The van der Waals surface area contributed by atoms with Crippen molar-refractivity contribution in [2.24, 2.45) is 0 Å². The number of rotatable bonds is 11. The van der Waals surface area contributed by atoms with E-state index in [0.717, 1.165) is 47.6 Å². The highest BCUT2D eigenvalue weighted by molar-refractivity contribution is 9.10. The van der Waals surface area contributed by atoms with Crippen LogP contribution < -0.4 is 20.1 Å². The Balaban J connectivity index is 2.02. The molecule has 0 aliphatic rings. The summed E-state index contributed by atoms with van der Waals surface area (Å²) in [5.74, 6) is 1.55. The first kappa shape index (κ1) is 19.8. The molecule has 0 bridgehead atoms. The molecule has 0 aliphatic carbocycles. The molecule has 2 aromatic carbocycles. The highest BCUT2D eigenvalue weighted by Crippen LogP contribution is 2.34. The van der Waals surface area contributed by atoms with Gasteiger partial charge < -0.3 is 20.1 Å². The number of nitrogens with one attached hydrogen (secondary N) is 2. The number of ether oxygens (including phenoxy) is 2. The van der Waals surface area contributed by atoms with E-state index in [1.54, 1.807) is 0 Å². The minimum absolute atomic E-state index is 0.523. The first-order valence-corrected chi connectivity index (χ1v) is 9.51.